The van der Waals surface area contributed by atoms with Crippen LogP contribution in [-0.4, -0.2) is 91.2 Å². The minimum atomic E-state index is -3.65. The monoisotopic (exact) mass is 589 g/mol. The Balaban J connectivity index is 1.20. The van der Waals surface area contributed by atoms with Gasteiger partial charge in [-0.15, -0.1) is 0 Å². The molecule has 1 aromatic carbocycles. The lowest BCUT2D eigenvalue weighted by Crippen LogP contribution is -2.48. The van der Waals surface area contributed by atoms with E-state index in [1.807, 2.05) is 0 Å². The molecule has 6 rings (SSSR count). The Morgan fingerprint density at radius 3 is 2.62 bits per heavy atom. The normalized spacial score (nSPS) is 21.6. The van der Waals surface area contributed by atoms with Gasteiger partial charge in [0.2, 0.25) is 16.0 Å². The van der Waals surface area contributed by atoms with Crippen molar-refractivity contribution in [3.63, 3.8) is 0 Å². The van der Waals surface area contributed by atoms with Crippen LogP contribution in [0.5, 0.6) is 5.75 Å². The molecule has 3 aliphatic rings. The smallest absolute Gasteiger partial charge is 0.243 e. The lowest BCUT2D eigenvalue weighted by atomic mass is 10.0. The number of nitrogens with zero attached hydrogens (tertiary/aromatic N) is 4. The molecule has 3 saturated heterocycles. The number of aromatic amines is 1. The summed E-state index contributed by atoms with van der Waals surface area (Å²) in [6, 6.07) is 5.46. The van der Waals surface area contributed by atoms with Crippen LogP contribution in [0.2, 0.25) is 5.02 Å². The first-order valence-corrected chi connectivity index (χ1v) is 15.8. The highest BCUT2D eigenvalue weighted by Crippen LogP contribution is 2.34. The lowest BCUT2D eigenvalue weighted by Gasteiger charge is -2.39. The van der Waals surface area contributed by atoms with Crippen molar-refractivity contribution in [3.8, 4) is 5.75 Å². The number of hydrogen-bond donors (Lipinski definition) is 3. The van der Waals surface area contributed by atoms with Crippen molar-refractivity contribution < 1.29 is 17.9 Å². The summed E-state index contributed by atoms with van der Waals surface area (Å²) >= 11 is 6.41. The molecule has 0 amide bonds. The number of fused-ring (bicyclic) bond motifs is 1. The molecule has 0 radical (unpaired) electrons. The van der Waals surface area contributed by atoms with Crippen LogP contribution in [0.15, 0.2) is 29.3 Å². The number of rotatable bonds is 8. The first-order valence-electron chi connectivity index (χ1n) is 14.0. The zero-order chi connectivity index (χ0) is 27.7. The van der Waals surface area contributed by atoms with Crippen LogP contribution in [0.3, 0.4) is 0 Å². The molecule has 1 atom stereocenters. The summed E-state index contributed by atoms with van der Waals surface area (Å²) in [5.74, 6) is 1.30. The number of aromatic nitrogens is 3. The van der Waals surface area contributed by atoms with Crippen molar-refractivity contribution >= 4 is 50.1 Å². The second kappa shape index (κ2) is 11.7. The maximum absolute atomic E-state index is 13.5. The summed E-state index contributed by atoms with van der Waals surface area (Å²) in [4.78, 5) is 15.1. The van der Waals surface area contributed by atoms with Gasteiger partial charge in [0.15, 0.2) is 0 Å². The number of piperidine rings is 2. The van der Waals surface area contributed by atoms with Gasteiger partial charge in [0.1, 0.15) is 17.2 Å². The molecule has 3 N–H and O–H groups in total. The number of benzene rings is 1. The van der Waals surface area contributed by atoms with Crippen molar-refractivity contribution in [3.05, 3.63) is 29.4 Å². The highest BCUT2D eigenvalue weighted by Gasteiger charge is 2.32. The molecule has 13 heteroatoms. The minimum Gasteiger partial charge on any atom is -0.495 e. The highest BCUT2D eigenvalue weighted by atomic mass is 35.5. The van der Waals surface area contributed by atoms with E-state index in [0.717, 1.165) is 32.4 Å². The van der Waals surface area contributed by atoms with Crippen LogP contribution in [0.4, 0.5) is 17.5 Å². The van der Waals surface area contributed by atoms with Crippen LogP contribution in [0, 0.1) is 0 Å². The fourth-order valence-electron chi connectivity index (χ4n) is 5.93. The Bertz CT molecular complexity index is 1450. The fraction of sp³-hybridized carbons (Fsp3) is 0.556. The van der Waals surface area contributed by atoms with E-state index in [1.54, 1.807) is 28.7 Å². The predicted molar refractivity (Wildman–Crippen MR) is 155 cm³/mol. The van der Waals surface area contributed by atoms with E-state index in [4.69, 9.17) is 21.1 Å². The van der Waals surface area contributed by atoms with Gasteiger partial charge in [-0.2, -0.15) is 14.3 Å². The number of methoxy groups -OCH3 is 1. The van der Waals surface area contributed by atoms with Gasteiger partial charge in [-0.05, 0) is 57.3 Å². The van der Waals surface area contributed by atoms with E-state index >= 15 is 0 Å². The summed E-state index contributed by atoms with van der Waals surface area (Å²) in [6.45, 7) is 4.60. The Morgan fingerprint density at radius 1 is 1.10 bits per heavy atom. The lowest BCUT2D eigenvalue weighted by molar-refractivity contribution is 0.118. The first-order chi connectivity index (χ1) is 19.4. The van der Waals surface area contributed by atoms with Crippen LogP contribution >= 0.6 is 11.6 Å². The third-order valence-corrected chi connectivity index (χ3v) is 10.3. The maximum Gasteiger partial charge on any atom is 0.243 e. The number of anilines is 3. The van der Waals surface area contributed by atoms with Crippen LogP contribution in [0.1, 0.15) is 38.5 Å². The Labute approximate surface area is 239 Å². The van der Waals surface area contributed by atoms with Crippen LogP contribution in [0.25, 0.3) is 11.0 Å². The van der Waals surface area contributed by atoms with E-state index in [1.165, 1.54) is 26.4 Å². The molecule has 40 heavy (non-hydrogen) atoms. The molecule has 0 bridgehead atoms. The Kier molecular flexibility index (Phi) is 8.04. The summed E-state index contributed by atoms with van der Waals surface area (Å²) in [5, 5.41) is 7.84. The molecule has 0 unspecified atom stereocenters. The number of likely N-dealkylation sites (tertiary alicyclic amines) is 1. The topological polar surface area (TPSA) is 125 Å². The quantitative estimate of drug-likeness (QED) is 0.354. The minimum absolute atomic E-state index is 0.126. The van der Waals surface area contributed by atoms with Gasteiger partial charge in [-0.25, -0.2) is 8.42 Å². The first kappa shape index (κ1) is 27.5. The summed E-state index contributed by atoms with van der Waals surface area (Å²) in [7, 11) is -2.13. The van der Waals surface area contributed by atoms with Crippen molar-refractivity contribution in [2.75, 3.05) is 57.1 Å². The number of sulfonamides is 1. The second-order valence-corrected chi connectivity index (χ2v) is 13.0. The average molecular weight is 590 g/mol. The Hall–Kier alpha value is -2.64. The summed E-state index contributed by atoms with van der Waals surface area (Å²) in [5.41, 5.74) is 1.13. The van der Waals surface area contributed by atoms with Crippen molar-refractivity contribution in [1.29, 1.82) is 0 Å². The molecular formula is C27H36ClN7O4S. The van der Waals surface area contributed by atoms with Gasteiger partial charge in [0.05, 0.1) is 40.8 Å². The number of H-pyrrole nitrogens is 1. The molecule has 0 spiro atoms. The van der Waals surface area contributed by atoms with Crippen molar-refractivity contribution in [1.82, 2.24) is 24.2 Å². The maximum atomic E-state index is 13.5. The van der Waals surface area contributed by atoms with Crippen molar-refractivity contribution in [2.24, 2.45) is 0 Å². The molecule has 0 saturated carbocycles. The zero-order valence-electron chi connectivity index (χ0n) is 22.7. The van der Waals surface area contributed by atoms with E-state index in [9.17, 15) is 8.42 Å². The standard InChI is InChI=1S/C27H36ClN7O4S/c1-38-23-15-20(40(36,37)35-12-7-19(8-13-35)34-10-3-2-4-11-34)5-6-22(23)31-27-32-25-24(21(28)16-29-25)26(33-27)30-18-9-14-39-17-18/h5-6,15-16,18-19H,2-4,7-14,17H2,1H3,(H3,29,30,31,32,33)/t18-/m1/s1. The van der Waals surface area contributed by atoms with E-state index in [2.05, 4.69) is 30.5 Å². The molecule has 216 valence electrons. The van der Waals surface area contributed by atoms with Gasteiger partial charge in [-0.3, -0.25) is 0 Å². The van der Waals surface area contributed by atoms with Gasteiger partial charge in [-0.1, -0.05) is 18.0 Å². The number of nitrogens with one attached hydrogen (secondary N) is 3. The number of halogens is 1. The zero-order valence-corrected chi connectivity index (χ0v) is 24.2. The molecule has 2 aromatic heterocycles. The van der Waals surface area contributed by atoms with E-state index < -0.39 is 10.0 Å². The van der Waals surface area contributed by atoms with Gasteiger partial charge < -0.3 is 30.0 Å². The number of ether oxygens (including phenoxy) is 2. The predicted octanol–water partition coefficient (Wildman–Crippen LogP) is 4.20. The summed E-state index contributed by atoms with van der Waals surface area (Å²) in [6.07, 6.45) is 8.05. The third kappa shape index (κ3) is 5.60. The largest absolute Gasteiger partial charge is 0.495 e. The summed E-state index contributed by atoms with van der Waals surface area (Å²) < 4.78 is 39.8. The van der Waals surface area contributed by atoms with E-state index in [-0.39, 0.29) is 10.9 Å². The molecule has 3 aliphatic heterocycles. The Morgan fingerprint density at radius 2 is 1.90 bits per heavy atom. The average Bonchev–Trinajstić information content (AvgIpc) is 3.63. The van der Waals surface area contributed by atoms with Gasteiger partial charge in [0, 0.05) is 38.0 Å². The molecule has 3 fully saturated rings. The van der Waals surface area contributed by atoms with Gasteiger partial charge >= 0.3 is 0 Å². The molecule has 5 heterocycles. The molecule has 3 aromatic rings. The molecule has 11 nitrogen and oxygen atoms in total. The third-order valence-electron chi connectivity index (χ3n) is 8.14. The number of hydrogen-bond acceptors (Lipinski definition) is 9. The van der Waals surface area contributed by atoms with Gasteiger partial charge in [0.25, 0.3) is 0 Å². The second-order valence-electron chi connectivity index (χ2n) is 10.7. The highest BCUT2D eigenvalue weighted by molar-refractivity contribution is 7.89. The van der Waals surface area contributed by atoms with Crippen molar-refractivity contribution in [2.45, 2.75) is 55.5 Å². The van der Waals surface area contributed by atoms with Crippen LogP contribution in [-0.2, 0) is 14.8 Å². The van der Waals surface area contributed by atoms with E-state index in [0.29, 0.717) is 71.6 Å². The van der Waals surface area contributed by atoms with Crippen LogP contribution < -0.4 is 15.4 Å². The SMILES string of the molecule is COc1cc(S(=O)(=O)N2CCC(N3CCCCC3)CC2)ccc1Nc1nc(N[C@@H]2CCOC2)c2c(Cl)c[nH]c2n1. The fourth-order valence-corrected chi connectivity index (χ4v) is 7.65. The molecular weight excluding hydrogens is 554 g/mol. The molecule has 0 aliphatic carbocycles.